The van der Waals surface area contributed by atoms with E-state index in [1.54, 1.807) is 24.3 Å². The molecular formula is C22H22Br2N4O4. The fourth-order valence-corrected chi connectivity index (χ4v) is 3.85. The molecule has 1 heterocycles. The van der Waals surface area contributed by atoms with Crippen LogP contribution in [0.1, 0.15) is 37.6 Å². The Balaban J connectivity index is 2.19. The summed E-state index contributed by atoms with van der Waals surface area (Å²) in [7, 11) is 1.48. The quantitative estimate of drug-likeness (QED) is 0.412. The van der Waals surface area contributed by atoms with Gasteiger partial charge >= 0.3 is 0 Å². The molecule has 32 heavy (non-hydrogen) atoms. The van der Waals surface area contributed by atoms with Crippen molar-refractivity contribution in [2.45, 2.75) is 26.2 Å². The zero-order valence-electron chi connectivity index (χ0n) is 17.8. The largest absolute Gasteiger partial charge is 0.493 e. The van der Waals surface area contributed by atoms with Gasteiger partial charge < -0.3 is 15.2 Å². The summed E-state index contributed by atoms with van der Waals surface area (Å²) in [6, 6.07) is 8.80. The SMILES string of the molecule is CC[C@@H](C)c1nc2ccc(Br)cc2c(=O)n1N=Cc1cc(Br)cc(OC)c1OCC(N)=O. The van der Waals surface area contributed by atoms with Gasteiger partial charge in [-0.3, -0.25) is 9.59 Å². The van der Waals surface area contributed by atoms with Gasteiger partial charge in [-0.05, 0) is 36.8 Å². The summed E-state index contributed by atoms with van der Waals surface area (Å²) >= 11 is 6.83. The number of nitrogens with zero attached hydrogens (tertiary/aromatic N) is 3. The molecule has 0 radical (unpaired) electrons. The van der Waals surface area contributed by atoms with Crippen LogP contribution in [0.15, 0.2) is 49.2 Å². The predicted molar refractivity (Wildman–Crippen MR) is 131 cm³/mol. The minimum Gasteiger partial charge on any atom is -0.493 e. The number of nitrogens with two attached hydrogens (primary N) is 1. The summed E-state index contributed by atoms with van der Waals surface area (Å²) in [4.78, 5) is 29.2. The molecule has 168 valence electrons. The molecule has 0 aliphatic heterocycles. The molecule has 10 heteroatoms. The maximum atomic E-state index is 13.3. The van der Waals surface area contributed by atoms with Gasteiger partial charge in [0.05, 0.1) is 24.2 Å². The van der Waals surface area contributed by atoms with E-state index in [-0.39, 0.29) is 23.8 Å². The topological polar surface area (TPSA) is 109 Å². The van der Waals surface area contributed by atoms with Crippen molar-refractivity contribution < 1.29 is 14.3 Å². The molecule has 0 aliphatic carbocycles. The molecule has 3 rings (SSSR count). The average molecular weight is 566 g/mol. The molecule has 0 fully saturated rings. The Morgan fingerprint density at radius 2 is 2.03 bits per heavy atom. The first-order valence-electron chi connectivity index (χ1n) is 9.80. The third-order valence-corrected chi connectivity index (χ3v) is 5.78. The van der Waals surface area contributed by atoms with Crippen LogP contribution < -0.4 is 20.8 Å². The molecule has 0 saturated carbocycles. The Bertz CT molecular complexity index is 1260. The van der Waals surface area contributed by atoms with E-state index in [4.69, 9.17) is 20.2 Å². The lowest BCUT2D eigenvalue weighted by Crippen LogP contribution is -2.24. The van der Waals surface area contributed by atoms with Crippen molar-refractivity contribution in [3.05, 3.63) is 61.0 Å². The second-order valence-electron chi connectivity index (χ2n) is 7.08. The van der Waals surface area contributed by atoms with Crippen molar-refractivity contribution in [2.75, 3.05) is 13.7 Å². The van der Waals surface area contributed by atoms with Gasteiger partial charge in [0.1, 0.15) is 5.82 Å². The molecule has 1 aromatic heterocycles. The molecule has 0 unspecified atom stereocenters. The highest BCUT2D eigenvalue weighted by Crippen LogP contribution is 2.34. The number of ether oxygens (including phenoxy) is 2. The number of carbonyl (C=O) groups excluding carboxylic acids is 1. The Morgan fingerprint density at radius 1 is 1.28 bits per heavy atom. The van der Waals surface area contributed by atoms with Crippen LogP contribution in [-0.4, -0.2) is 35.5 Å². The van der Waals surface area contributed by atoms with Crippen molar-refractivity contribution in [3.8, 4) is 11.5 Å². The van der Waals surface area contributed by atoms with Crippen molar-refractivity contribution in [1.82, 2.24) is 9.66 Å². The summed E-state index contributed by atoms with van der Waals surface area (Å²) in [5, 5.41) is 4.90. The van der Waals surface area contributed by atoms with E-state index < -0.39 is 5.91 Å². The molecule has 0 bridgehead atoms. The molecule has 8 nitrogen and oxygen atoms in total. The minimum absolute atomic E-state index is 0.00414. The fourth-order valence-electron chi connectivity index (χ4n) is 3.03. The Labute approximate surface area is 201 Å². The van der Waals surface area contributed by atoms with E-state index in [1.165, 1.54) is 18.0 Å². The van der Waals surface area contributed by atoms with Crippen molar-refractivity contribution in [3.63, 3.8) is 0 Å². The zero-order valence-corrected chi connectivity index (χ0v) is 20.9. The lowest BCUT2D eigenvalue weighted by molar-refractivity contribution is -0.119. The van der Waals surface area contributed by atoms with Crippen LogP contribution in [0.25, 0.3) is 10.9 Å². The summed E-state index contributed by atoms with van der Waals surface area (Å²) in [5.41, 5.74) is 6.04. The highest BCUT2D eigenvalue weighted by Gasteiger charge is 2.17. The van der Waals surface area contributed by atoms with E-state index in [1.807, 2.05) is 19.9 Å². The molecular weight excluding hydrogens is 544 g/mol. The van der Waals surface area contributed by atoms with Crippen molar-refractivity contribution >= 4 is 54.9 Å². The van der Waals surface area contributed by atoms with Crippen molar-refractivity contribution in [1.29, 1.82) is 0 Å². The van der Waals surface area contributed by atoms with E-state index in [2.05, 4.69) is 37.0 Å². The first kappa shape index (κ1) is 23.9. The number of hydrogen-bond acceptors (Lipinski definition) is 6. The number of benzene rings is 2. The van der Waals surface area contributed by atoms with Crippen LogP contribution >= 0.6 is 31.9 Å². The van der Waals surface area contributed by atoms with Crippen LogP contribution in [0.2, 0.25) is 0 Å². The second-order valence-corrected chi connectivity index (χ2v) is 8.92. The number of halogens is 2. The van der Waals surface area contributed by atoms with Gasteiger partial charge in [0.25, 0.3) is 11.5 Å². The molecule has 0 spiro atoms. The Hall–Kier alpha value is -2.72. The highest BCUT2D eigenvalue weighted by molar-refractivity contribution is 9.10. The number of carbonyl (C=O) groups is 1. The van der Waals surface area contributed by atoms with E-state index >= 15 is 0 Å². The number of hydrogen-bond donors (Lipinski definition) is 1. The molecule has 1 amide bonds. The van der Waals surface area contributed by atoms with Gasteiger partial charge in [-0.15, -0.1) is 0 Å². The Morgan fingerprint density at radius 3 is 2.69 bits per heavy atom. The number of aromatic nitrogens is 2. The van der Waals surface area contributed by atoms with Gasteiger partial charge in [-0.2, -0.15) is 9.78 Å². The van der Waals surface area contributed by atoms with Crippen LogP contribution in [0.3, 0.4) is 0 Å². The normalized spacial score (nSPS) is 12.3. The minimum atomic E-state index is -0.627. The monoisotopic (exact) mass is 564 g/mol. The summed E-state index contributed by atoms with van der Waals surface area (Å²) in [6.07, 6.45) is 2.25. The van der Waals surface area contributed by atoms with Crippen LogP contribution in [0.5, 0.6) is 11.5 Å². The summed E-state index contributed by atoms with van der Waals surface area (Å²) < 4.78 is 13.7. The van der Waals surface area contributed by atoms with Crippen LogP contribution in [0.4, 0.5) is 0 Å². The molecule has 0 aliphatic rings. The maximum Gasteiger partial charge on any atom is 0.282 e. The number of primary amides is 1. The highest BCUT2D eigenvalue weighted by atomic mass is 79.9. The maximum absolute atomic E-state index is 13.3. The van der Waals surface area contributed by atoms with Crippen LogP contribution in [-0.2, 0) is 4.79 Å². The van der Waals surface area contributed by atoms with Gasteiger partial charge in [-0.25, -0.2) is 4.98 Å². The Kier molecular flexibility index (Phi) is 7.68. The first-order chi connectivity index (χ1) is 15.2. The second kappa shape index (κ2) is 10.3. The fraction of sp³-hybridized carbons (Fsp3) is 0.273. The number of fused-ring (bicyclic) bond motifs is 1. The molecule has 0 saturated heterocycles. The van der Waals surface area contributed by atoms with Gasteiger partial charge in [0.2, 0.25) is 0 Å². The lowest BCUT2D eigenvalue weighted by Gasteiger charge is -2.15. The summed E-state index contributed by atoms with van der Waals surface area (Å²) in [5.74, 6) is 0.586. The lowest BCUT2D eigenvalue weighted by atomic mass is 10.1. The van der Waals surface area contributed by atoms with Gasteiger partial charge in [0.15, 0.2) is 18.1 Å². The standard InChI is InChI=1S/C22H22Br2N4O4/c1-4-12(2)21-27-17-6-5-14(23)8-16(17)22(30)28(21)26-10-13-7-15(24)9-18(31-3)20(13)32-11-19(25)29/h5-10,12H,4,11H2,1-3H3,(H2,25,29)/t12-/m1/s1. The van der Waals surface area contributed by atoms with E-state index in [0.29, 0.717) is 32.5 Å². The molecule has 2 aromatic carbocycles. The average Bonchev–Trinajstić information content (AvgIpc) is 2.76. The van der Waals surface area contributed by atoms with E-state index in [9.17, 15) is 9.59 Å². The predicted octanol–water partition coefficient (Wildman–Crippen LogP) is 4.19. The molecule has 3 aromatic rings. The number of methoxy groups -OCH3 is 1. The summed E-state index contributed by atoms with van der Waals surface area (Å²) in [6.45, 7) is 3.68. The molecule has 1 atom stereocenters. The number of rotatable bonds is 8. The number of amides is 1. The third kappa shape index (κ3) is 5.18. The molecule has 2 N–H and O–H groups in total. The van der Waals surface area contributed by atoms with E-state index in [0.717, 1.165) is 10.9 Å². The van der Waals surface area contributed by atoms with Gasteiger partial charge in [0, 0.05) is 20.4 Å². The van der Waals surface area contributed by atoms with Crippen LogP contribution in [0, 0.1) is 0 Å². The third-order valence-electron chi connectivity index (χ3n) is 4.83. The first-order valence-corrected chi connectivity index (χ1v) is 11.4. The zero-order chi connectivity index (χ0) is 23.4. The van der Waals surface area contributed by atoms with Gasteiger partial charge in [-0.1, -0.05) is 45.7 Å². The van der Waals surface area contributed by atoms with Crippen molar-refractivity contribution in [2.24, 2.45) is 10.8 Å². The smallest absolute Gasteiger partial charge is 0.282 e.